The molecule has 0 heterocycles. The summed E-state index contributed by atoms with van der Waals surface area (Å²) < 4.78 is 27.6. The van der Waals surface area contributed by atoms with Crippen molar-refractivity contribution in [1.82, 2.24) is 0 Å². The Labute approximate surface area is 102 Å². The molecular formula is C12H16O4S. The first-order valence-electron chi connectivity index (χ1n) is 5.13. The van der Waals surface area contributed by atoms with Crippen LogP contribution in [0.1, 0.15) is 31.1 Å². The van der Waals surface area contributed by atoms with Crippen LogP contribution in [0.4, 0.5) is 0 Å². The van der Waals surface area contributed by atoms with Gasteiger partial charge in [-0.25, -0.2) is 13.2 Å². The second-order valence-corrected chi connectivity index (χ2v) is 6.81. The number of esters is 1. The van der Waals surface area contributed by atoms with Crippen LogP contribution in [0, 0.1) is 0 Å². The number of hydrogen-bond donors (Lipinski definition) is 0. The predicted octanol–water partition coefficient (Wildman–Crippen LogP) is 2.05. The number of hydrogen-bond acceptors (Lipinski definition) is 4. The Bertz CT molecular complexity index is 506. The summed E-state index contributed by atoms with van der Waals surface area (Å²) in [5.41, 5.74) is -0.223. The van der Waals surface area contributed by atoms with Crippen LogP contribution < -0.4 is 0 Å². The minimum absolute atomic E-state index is 0.185. The van der Waals surface area contributed by atoms with Gasteiger partial charge in [-0.15, -0.1) is 0 Å². The molecule has 0 aromatic heterocycles. The molecule has 0 saturated heterocycles. The van der Waals surface area contributed by atoms with E-state index < -0.39 is 21.4 Å². The van der Waals surface area contributed by atoms with E-state index in [-0.39, 0.29) is 4.90 Å². The van der Waals surface area contributed by atoms with Gasteiger partial charge in [-0.05, 0) is 45.0 Å². The van der Waals surface area contributed by atoms with E-state index in [0.717, 1.165) is 6.26 Å². The highest BCUT2D eigenvalue weighted by Gasteiger charge is 2.18. The third kappa shape index (κ3) is 4.19. The number of carbonyl (C=O) groups is 1. The minimum Gasteiger partial charge on any atom is -0.456 e. The molecule has 0 aliphatic carbocycles. The molecule has 0 N–H and O–H groups in total. The van der Waals surface area contributed by atoms with Crippen molar-refractivity contribution < 1.29 is 17.9 Å². The lowest BCUT2D eigenvalue weighted by Crippen LogP contribution is -2.23. The van der Waals surface area contributed by atoms with Crippen LogP contribution >= 0.6 is 0 Å². The van der Waals surface area contributed by atoms with Gasteiger partial charge in [0.05, 0.1) is 10.5 Å². The van der Waals surface area contributed by atoms with Gasteiger partial charge in [-0.3, -0.25) is 0 Å². The SMILES string of the molecule is CC(C)(C)OC(=O)c1ccc(S(C)(=O)=O)cc1. The Balaban J connectivity index is 2.93. The lowest BCUT2D eigenvalue weighted by atomic mass is 10.2. The fourth-order valence-corrected chi connectivity index (χ4v) is 1.81. The van der Waals surface area contributed by atoms with Crippen molar-refractivity contribution in [3.63, 3.8) is 0 Å². The highest BCUT2D eigenvalue weighted by atomic mass is 32.2. The highest BCUT2D eigenvalue weighted by molar-refractivity contribution is 7.90. The van der Waals surface area contributed by atoms with Gasteiger partial charge in [-0.2, -0.15) is 0 Å². The number of benzene rings is 1. The molecular weight excluding hydrogens is 240 g/mol. The normalized spacial score (nSPS) is 12.2. The second kappa shape index (κ2) is 4.49. The zero-order chi connectivity index (χ0) is 13.3. The molecule has 5 heteroatoms. The van der Waals surface area contributed by atoms with Gasteiger partial charge in [0.1, 0.15) is 5.60 Å². The van der Waals surface area contributed by atoms with Gasteiger partial charge < -0.3 is 4.74 Å². The summed E-state index contributed by atoms with van der Waals surface area (Å²) in [6.07, 6.45) is 1.12. The van der Waals surface area contributed by atoms with Crippen molar-refractivity contribution in [2.75, 3.05) is 6.26 Å². The van der Waals surface area contributed by atoms with Crippen molar-refractivity contribution in [2.45, 2.75) is 31.3 Å². The molecule has 0 amide bonds. The molecule has 0 atom stereocenters. The third-order valence-electron chi connectivity index (χ3n) is 1.92. The number of rotatable bonds is 2. The third-order valence-corrected chi connectivity index (χ3v) is 3.05. The van der Waals surface area contributed by atoms with E-state index in [9.17, 15) is 13.2 Å². The van der Waals surface area contributed by atoms with Crippen molar-refractivity contribution in [1.29, 1.82) is 0 Å². The fourth-order valence-electron chi connectivity index (χ4n) is 1.18. The zero-order valence-corrected chi connectivity index (χ0v) is 11.2. The highest BCUT2D eigenvalue weighted by Crippen LogP contribution is 2.14. The number of sulfone groups is 1. The maximum atomic E-state index is 11.6. The summed E-state index contributed by atoms with van der Waals surface area (Å²) >= 11 is 0. The Morgan fingerprint density at radius 1 is 1.12 bits per heavy atom. The molecule has 0 bridgehead atoms. The molecule has 0 fully saturated rings. The van der Waals surface area contributed by atoms with Crippen molar-refractivity contribution >= 4 is 15.8 Å². The van der Waals surface area contributed by atoms with E-state index in [1.807, 2.05) is 0 Å². The topological polar surface area (TPSA) is 60.4 Å². The molecule has 0 saturated carbocycles. The van der Waals surface area contributed by atoms with E-state index in [1.165, 1.54) is 24.3 Å². The Morgan fingerprint density at radius 2 is 1.59 bits per heavy atom. The summed E-state index contributed by atoms with van der Waals surface area (Å²) in [7, 11) is -3.23. The van der Waals surface area contributed by atoms with E-state index in [4.69, 9.17) is 4.74 Å². The summed E-state index contributed by atoms with van der Waals surface area (Å²) in [4.78, 5) is 11.8. The van der Waals surface area contributed by atoms with Gasteiger partial charge in [-0.1, -0.05) is 0 Å². The van der Waals surface area contributed by atoms with Crippen LogP contribution in [0.3, 0.4) is 0 Å². The molecule has 94 valence electrons. The minimum atomic E-state index is -3.23. The summed E-state index contributed by atoms with van der Waals surface area (Å²) in [5, 5.41) is 0. The standard InChI is InChI=1S/C12H16O4S/c1-12(2,3)16-11(13)9-5-7-10(8-6-9)17(4,14)15/h5-8H,1-4H3. The monoisotopic (exact) mass is 256 g/mol. The summed E-state index contributed by atoms with van der Waals surface area (Å²) in [6, 6.07) is 5.69. The second-order valence-electron chi connectivity index (χ2n) is 4.80. The molecule has 0 aliphatic heterocycles. The van der Waals surface area contributed by atoms with Gasteiger partial charge in [0.15, 0.2) is 9.84 Å². The Hall–Kier alpha value is -1.36. The first-order valence-corrected chi connectivity index (χ1v) is 7.02. The molecule has 1 aromatic carbocycles. The molecule has 0 unspecified atom stereocenters. The van der Waals surface area contributed by atoms with Gasteiger partial charge in [0.25, 0.3) is 0 Å². The molecule has 4 nitrogen and oxygen atoms in total. The van der Waals surface area contributed by atoms with E-state index in [0.29, 0.717) is 5.56 Å². The largest absolute Gasteiger partial charge is 0.456 e. The molecule has 1 aromatic rings. The lowest BCUT2D eigenvalue weighted by molar-refractivity contribution is 0.00694. The summed E-state index contributed by atoms with van der Waals surface area (Å²) in [6.45, 7) is 5.32. The maximum Gasteiger partial charge on any atom is 0.338 e. The first kappa shape index (κ1) is 13.7. The zero-order valence-electron chi connectivity index (χ0n) is 10.4. The van der Waals surface area contributed by atoms with Crippen LogP contribution in [0.25, 0.3) is 0 Å². The first-order chi connectivity index (χ1) is 7.59. The maximum absolute atomic E-state index is 11.6. The average Bonchev–Trinajstić information content (AvgIpc) is 2.14. The molecule has 0 spiro atoms. The molecule has 0 radical (unpaired) electrons. The predicted molar refractivity (Wildman–Crippen MR) is 64.7 cm³/mol. The average molecular weight is 256 g/mol. The van der Waals surface area contributed by atoms with Crippen LogP contribution in [-0.4, -0.2) is 26.2 Å². The number of carbonyl (C=O) groups excluding carboxylic acids is 1. The van der Waals surface area contributed by atoms with Gasteiger partial charge in [0, 0.05) is 6.26 Å². The quantitative estimate of drug-likeness (QED) is 0.760. The lowest BCUT2D eigenvalue weighted by Gasteiger charge is -2.19. The van der Waals surface area contributed by atoms with Crippen LogP contribution in [-0.2, 0) is 14.6 Å². The van der Waals surface area contributed by atoms with Gasteiger partial charge >= 0.3 is 5.97 Å². The van der Waals surface area contributed by atoms with Crippen molar-refractivity contribution in [2.24, 2.45) is 0 Å². The van der Waals surface area contributed by atoms with E-state index in [2.05, 4.69) is 0 Å². The Kier molecular flexibility index (Phi) is 3.62. The van der Waals surface area contributed by atoms with E-state index >= 15 is 0 Å². The van der Waals surface area contributed by atoms with Crippen molar-refractivity contribution in [3.05, 3.63) is 29.8 Å². The molecule has 17 heavy (non-hydrogen) atoms. The smallest absolute Gasteiger partial charge is 0.338 e. The Morgan fingerprint density at radius 3 is 1.94 bits per heavy atom. The van der Waals surface area contributed by atoms with Crippen molar-refractivity contribution in [3.8, 4) is 0 Å². The molecule has 1 rings (SSSR count). The van der Waals surface area contributed by atoms with Crippen LogP contribution in [0.5, 0.6) is 0 Å². The van der Waals surface area contributed by atoms with Crippen LogP contribution in [0.2, 0.25) is 0 Å². The summed E-state index contributed by atoms with van der Waals surface area (Å²) in [5.74, 6) is -0.461. The van der Waals surface area contributed by atoms with E-state index in [1.54, 1.807) is 20.8 Å². The van der Waals surface area contributed by atoms with Crippen LogP contribution in [0.15, 0.2) is 29.2 Å². The number of ether oxygens (including phenoxy) is 1. The fraction of sp³-hybridized carbons (Fsp3) is 0.417. The van der Waals surface area contributed by atoms with Gasteiger partial charge in [0.2, 0.25) is 0 Å². The molecule has 0 aliphatic rings.